The number of esters is 2. The molecule has 14 rings (SSSR count). The van der Waals surface area contributed by atoms with Crippen LogP contribution in [0.2, 0.25) is 0 Å². The van der Waals surface area contributed by atoms with Crippen LogP contribution >= 0.6 is 0 Å². The fourth-order valence-corrected chi connectivity index (χ4v) is 18.6. The van der Waals surface area contributed by atoms with Crippen LogP contribution in [0.25, 0.3) is 0 Å². The van der Waals surface area contributed by atoms with Crippen molar-refractivity contribution in [2.45, 2.75) is 172 Å². The molecule has 0 unspecified atom stereocenters. The van der Waals surface area contributed by atoms with E-state index in [-0.39, 0.29) is 38.4 Å². The molecule has 0 spiro atoms. The van der Waals surface area contributed by atoms with Crippen LogP contribution in [0.4, 0.5) is 22.3 Å². The Kier molecular flexibility index (Phi) is 24.4. The van der Waals surface area contributed by atoms with Crippen LogP contribution in [0.15, 0.2) is 211 Å². The van der Waals surface area contributed by atoms with Gasteiger partial charge in [0.05, 0.1) is 32.6 Å². The van der Waals surface area contributed by atoms with E-state index in [2.05, 4.69) is 204 Å². The van der Waals surface area contributed by atoms with Crippen molar-refractivity contribution in [3.63, 3.8) is 0 Å². The van der Waals surface area contributed by atoms with E-state index in [4.69, 9.17) is 15.0 Å². The van der Waals surface area contributed by atoms with E-state index in [1.54, 1.807) is 0 Å². The molecule has 0 aromatic heterocycles. The van der Waals surface area contributed by atoms with Gasteiger partial charge in [0.1, 0.15) is 0 Å². The Morgan fingerprint density at radius 1 is 0.434 bits per heavy atom. The predicted molar refractivity (Wildman–Crippen MR) is 326 cm³/mol. The minimum Gasteiger partial charge on any atom is -0.870 e. The van der Waals surface area contributed by atoms with Gasteiger partial charge < -0.3 is 15.0 Å². The van der Waals surface area contributed by atoms with Crippen LogP contribution < -0.4 is 0 Å². The summed E-state index contributed by atoms with van der Waals surface area (Å²) in [6, 6.07) is 64.3. The van der Waals surface area contributed by atoms with Gasteiger partial charge in [-0.3, -0.25) is 14.3 Å². The number of carbonyl (C=O) groups excluding carboxylic acids is 2. The number of ether oxygens (including phenoxy) is 2. The molecule has 0 amide bonds. The fraction of sp³-hybridized carbons (Fsp3) is 0.465. The van der Waals surface area contributed by atoms with Crippen molar-refractivity contribution in [3.8, 4) is 0 Å². The van der Waals surface area contributed by atoms with Gasteiger partial charge in [-0.2, -0.15) is 0 Å². The molecule has 0 heterocycles. The summed E-state index contributed by atoms with van der Waals surface area (Å²) in [7, 11) is -0.0293. The minimum atomic E-state index is -2.92. The van der Waals surface area contributed by atoms with Crippen molar-refractivity contribution in [1.29, 1.82) is 0 Å². The lowest BCUT2D eigenvalue weighted by atomic mass is 9.49. The third kappa shape index (κ3) is 18.8. The van der Waals surface area contributed by atoms with Crippen molar-refractivity contribution in [2.24, 2.45) is 52.3 Å². The molecule has 8 aliphatic rings. The zero-order valence-corrected chi connectivity index (χ0v) is 50.8. The standard InChI is InChI=1S/2C18H15S.2C14H20F2O2.C7H16.FH.H2O/c2*1-4-10-16(11-5-1)19(17-12-6-2-7-13-17)18-14-8-3-9-15-18;2*1-13(15,16)8-18-12(17)14-5-9-2-10(6-14)4-11(3-9)7-14;1-4-7(5-2)6-3;;/h2*1-15H;2*9-11H,2-8H2,1H3;7H,4-6H2,1-3H3;1H;1H2/q2*+1;;;;;/p-1/i/hT. The van der Waals surface area contributed by atoms with Gasteiger partial charge in [-0.15, -0.1) is 1.43 Å². The molecule has 6 aromatic carbocycles. The normalized spacial score (nSPS) is 24.0. The molecule has 83 heavy (non-hydrogen) atoms. The van der Waals surface area contributed by atoms with Crippen molar-refractivity contribution in [3.05, 3.63) is 182 Å². The average Bonchev–Trinajstić information content (AvgIpc) is 1.17. The van der Waals surface area contributed by atoms with Crippen molar-refractivity contribution < 1.29 is 48.2 Å². The van der Waals surface area contributed by atoms with Gasteiger partial charge in [-0.1, -0.05) is 149 Å². The van der Waals surface area contributed by atoms with Crippen LogP contribution in [0.3, 0.4) is 0 Å². The highest BCUT2D eigenvalue weighted by atomic mass is 32.2. The van der Waals surface area contributed by atoms with Crippen molar-refractivity contribution >= 4 is 33.7 Å². The van der Waals surface area contributed by atoms with E-state index < -0.39 is 35.9 Å². The highest BCUT2D eigenvalue weighted by molar-refractivity contribution is 7.97. The van der Waals surface area contributed by atoms with Gasteiger partial charge in [0.2, 0.25) is 0 Å². The zero-order valence-electron chi connectivity index (χ0n) is 50.2. The van der Waals surface area contributed by atoms with Crippen LogP contribution in [0.1, 0.15) is 132 Å². The molecule has 448 valence electrons. The molecular formula is C71H88F5O5S2+. The van der Waals surface area contributed by atoms with E-state index >= 15 is 0 Å². The summed E-state index contributed by atoms with van der Waals surface area (Å²) in [4.78, 5) is 32.5. The highest BCUT2D eigenvalue weighted by Crippen LogP contribution is 2.61. The second-order valence-corrected chi connectivity index (χ2v) is 28.3. The van der Waals surface area contributed by atoms with E-state index in [0.717, 1.165) is 58.3 Å². The maximum atomic E-state index is 12.8. The summed E-state index contributed by atoms with van der Waals surface area (Å²) in [5.41, 5.74) is 6.67. The molecular weight excluding hydrogens is 1090 g/mol. The monoisotopic (exact) mass is 1180 g/mol. The maximum Gasteiger partial charge on any atom is 0.312 e. The smallest absolute Gasteiger partial charge is 0.312 e. The number of carbonyl (C=O) groups is 2. The number of rotatable bonds is 15. The van der Waals surface area contributed by atoms with Crippen molar-refractivity contribution in [2.75, 3.05) is 13.2 Å². The lowest BCUT2D eigenvalue weighted by Crippen LogP contribution is -2.51. The number of benzene rings is 6. The average molecular weight is 1180 g/mol. The topological polar surface area (TPSA) is 82.6 Å². The number of halogens is 5. The van der Waals surface area contributed by atoms with Gasteiger partial charge >= 0.3 is 11.9 Å². The summed E-state index contributed by atoms with van der Waals surface area (Å²) in [6.45, 7) is 6.83. The van der Waals surface area contributed by atoms with Gasteiger partial charge in [0.15, 0.2) is 42.6 Å². The first-order valence-corrected chi connectivity index (χ1v) is 32.3. The molecule has 6 aromatic rings. The molecule has 8 saturated carbocycles. The maximum absolute atomic E-state index is 12.8. The first kappa shape index (κ1) is 65.1. The largest absolute Gasteiger partial charge is 0.870 e. The molecule has 0 aliphatic heterocycles. The Morgan fingerprint density at radius 3 is 0.759 bits per heavy atom. The molecule has 8 fully saturated rings. The Balaban J connectivity index is 0.000000171. The van der Waals surface area contributed by atoms with Gasteiger partial charge in [-0.25, -0.2) is 17.6 Å². The quantitative estimate of drug-likeness (QED) is 0.0581. The number of hydrogen-bond donors (Lipinski definition) is 0. The second kappa shape index (κ2) is 31.1. The fourth-order valence-electron chi connectivity index (χ4n) is 14.4. The van der Waals surface area contributed by atoms with Gasteiger partial charge in [0, 0.05) is 13.8 Å². The van der Waals surface area contributed by atoms with Gasteiger partial charge in [0.25, 0.3) is 11.8 Å². The lowest BCUT2D eigenvalue weighted by molar-refractivity contribution is -0.180. The summed E-state index contributed by atoms with van der Waals surface area (Å²) < 4.78 is 65.4. The molecule has 8 aliphatic carbocycles. The molecule has 8 bridgehead atoms. The second-order valence-electron chi connectivity index (χ2n) is 24.3. The molecule has 1 N–H and O–H groups in total. The SMILES string of the molecule is CC(F)(F)COC(=O)C12CC3CC(CC(C3)C1)C2.CC(F)(F)COC(=O)C12CC3CC(CC(C3)C1)C2.CCC(CC)CC.F.[3H][O-].c1ccc([S+](c2ccccc2)c2ccccc2)cc1.c1ccc([S+](c2ccccc2)c2ccccc2)cc1. The number of hydrogen-bond acceptors (Lipinski definition) is 5. The molecule has 5 nitrogen and oxygen atoms in total. The van der Waals surface area contributed by atoms with Gasteiger partial charge in [-0.05, 0) is 191 Å². The molecule has 0 radical (unpaired) electrons. The molecule has 0 saturated heterocycles. The van der Waals surface area contributed by atoms with Crippen LogP contribution in [-0.4, -0.2) is 42.5 Å². The zero-order chi connectivity index (χ0) is 59.5. The van der Waals surface area contributed by atoms with Crippen molar-refractivity contribution in [1.82, 2.24) is 0 Å². The van der Waals surface area contributed by atoms with Crippen LogP contribution in [0, 0.1) is 52.3 Å². The van der Waals surface area contributed by atoms with E-state index in [9.17, 15) is 27.2 Å². The first-order valence-electron chi connectivity index (χ1n) is 30.3. The van der Waals surface area contributed by atoms with E-state index in [0.29, 0.717) is 35.5 Å². The summed E-state index contributed by atoms with van der Waals surface area (Å²) >= 11 is 0. The molecule has 12 heteroatoms. The lowest BCUT2D eigenvalue weighted by Gasteiger charge is -2.55. The Labute approximate surface area is 499 Å². The minimum absolute atomic E-state index is 0. The Hall–Kier alpha value is -5.43. The first-order chi connectivity index (χ1) is 40.0. The highest BCUT2D eigenvalue weighted by Gasteiger charge is 2.57. The summed E-state index contributed by atoms with van der Waals surface area (Å²) in [5, 5.41) is 0. The summed E-state index contributed by atoms with van der Waals surface area (Å²) in [5.74, 6) is -1.78. The third-order valence-electron chi connectivity index (χ3n) is 17.5. The Morgan fingerprint density at radius 2 is 0.614 bits per heavy atom. The summed E-state index contributed by atoms with van der Waals surface area (Å²) in [6.07, 6.45) is 16.7. The van der Waals surface area contributed by atoms with E-state index in [1.807, 2.05) is 0 Å². The number of alkyl halides is 4. The Bertz CT molecular complexity index is 2370. The predicted octanol–water partition coefficient (Wildman–Crippen LogP) is 19.2. The van der Waals surface area contributed by atoms with E-state index in [1.165, 1.54) is 87.2 Å². The third-order valence-corrected chi connectivity index (χ3v) is 21.9. The van der Waals surface area contributed by atoms with Crippen LogP contribution in [-0.2, 0) is 40.9 Å². The van der Waals surface area contributed by atoms with Crippen LogP contribution in [0.5, 0.6) is 0 Å². The molecule has 0 atom stereocenters.